The van der Waals surface area contributed by atoms with Crippen molar-refractivity contribution < 1.29 is 31.2 Å². The molecule has 1 aromatic rings. The van der Waals surface area contributed by atoms with E-state index in [1.807, 2.05) is 0 Å². The van der Waals surface area contributed by atoms with Gasteiger partial charge in [-0.2, -0.15) is 13.2 Å². The lowest BCUT2D eigenvalue weighted by molar-refractivity contribution is -0.123. The van der Waals surface area contributed by atoms with E-state index in [0.717, 1.165) is 37.1 Å². The first-order valence-electron chi connectivity index (χ1n) is 8.21. The van der Waals surface area contributed by atoms with Gasteiger partial charge in [-0.15, -0.1) is 0 Å². The third kappa shape index (κ3) is 4.88. The van der Waals surface area contributed by atoms with E-state index in [9.17, 15) is 31.2 Å². The first kappa shape index (κ1) is 20.9. The molecule has 1 aliphatic rings. The number of rotatable bonds is 5. The minimum atomic E-state index is -5.51. The molecule has 1 saturated carbocycles. The number of carbonyl (C=O) groups excluding carboxylic acids is 2. The first-order chi connectivity index (χ1) is 12.6. The quantitative estimate of drug-likeness (QED) is 0.738. The molecule has 2 atom stereocenters. The van der Waals surface area contributed by atoms with E-state index in [1.165, 1.54) is 6.07 Å². The van der Waals surface area contributed by atoms with Crippen molar-refractivity contribution in [2.45, 2.75) is 42.1 Å². The average Bonchev–Trinajstić information content (AvgIpc) is 2.61. The van der Waals surface area contributed by atoms with Crippen LogP contribution in [0.1, 0.15) is 25.7 Å². The first-order valence-corrected chi connectivity index (χ1v) is 9.70. The molecule has 0 radical (unpaired) electrons. The van der Waals surface area contributed by atoms with Crippen molar-refractivity contribution in [1.29, 1.82) is 0 Å². The monoisotopic (exact) mass is 404 g/mol. The fourth-order valence-corrected chi connectivity index (χ4v) is 3.78. The summed E-state index contributed by atoms with van der Waals surface area (Å²) in [4.78, 5) is 23.1. The number of hydrogen-bond acceptors (Lipinski definition) is 4. The number of anilines is 1. The van der Waals surface area contributed by atoms with Gasteiger partial charge in [-0.3, -0.25) is 9.59 Å². The molecule has 0 heterocycles. The molecule has 1 fully saturated rings. The predicted molar refractivity (Wildman–Crippen MR) is 92.4 cm³/mol. The lowest BCUT2D eigenvalue weighted by Crippen LogP contribution is -2.46. The number of hydrogen-bond donors (Lipinski definition) is 2. The maximum Gasteiger partial charge on any atom is 0.501 e. The molecule has 0 unspecified atom stereocenters. The second-order valence-electron chi connectivity index (χ2n) is 6.18. The van der Waals surface area contributed by atoms with Crippen LogP contribution >= 0.6 is 0 Å². The maximum absolute atomic E-state index is 12.7. The molecule has 6 nitrogen and oxygen atoms in total. The van der Waals surface area contributed by atoms with E-state index in [-0.39, 0.29) is 5.69 Å². The van der Waals surface area contributed by atoms with Crippen molar-refractivity contribution >= 4 is 27.3 Å². The van der Waals surface area contributed by atoms with Crippen LogP contribution in [0.3, 0.4) is 0 Å². The number of halogens is 3. The van der Waals surface area contributed by atoms with Crippen LogP contribution in [0.4, 0.5) is 18.9 Å². The second kappa shape index (κ2) is 8.12. The van der Waals surface area contributed by atoms with Gasteiger partial charge in [0.2, 0.25) is 11.8 Å². The standard InChI is InChI=1S/C17H19F3N2O4S/c1-2-15(23)22-14-9-4-3-8-13(14)16(24)21-11-6-5-7-12(10-11)27(25,26)17(18,19)20/h2,5-7,10,13-14H,1,3-4,8-9H2,(H,21,24)(H,22,23)/t13-,14+/m0/s1. The summed E-state index contributed by atoms with van der Waals surface area (Å²) in [6.45, 7) is 3.35. The lowest BCUT2D eigenvalue weighted by Gasteiger charge is -2.31. The SMILES string of the molecule is C=CC(=O)N[C@@H]1CCCC[C@@H]1C(=O)Nc1cccc(S(=O)(=O)C(F)(F)F)c1. The zero-order valence-electron chi connectivity index (χ0n) is 14.3. The Bertz CT molecular complexity index is 837. The van der Waals surface area contributed by atoms with E-state index in [4.69, 9.17) is 0 Å². The molecule has 1 aromatic carbocycles. The van der Waals surface area contributed by atoms with E-state index in [0.29, 0.717) is 12.8 Å². The Morgan fingerprint density at radius 1 is 1.19 bits per heavy atom. The Morgan fingerprint density at radius 2 is 1.85 bits per heavy atom. The molecule has 2 amide bonds. The zero-order valence-corrected chi connectivity index (χ0v) is 15.1. The molecule has 0 aromatic heterocycles. The van der Waals surface area contributed by atoms with Crippen LogP contribution in [0.5, 0.6) is 0 Å². The van der Waals surface area contributed by atoms with Crippen LogP contribution in [-0.4, -0.2) is 31.8 Å². The van der Waals surface area contributed by atoms with Gasteiger partial charge in [-0.1, -0.05) is 25.5 Å². The smallest absolute Gasteiger partial charge is 0.349 e. The minimum absolute atomic E-state index is 0.0651. The van der Waals surface area contributed by atoms with Crippen molar-refractivity contribution in [3.8, 4) is 0 Å². The molecular weight excluding hydrogens is 385 g/mol. The Labute approximate surface area is 154 Å². The summed E-state index contributed by atoms with van der Waals surface area (Å²) in [6.07, 6.45) is 3.76. The van der Waals surface area contributed by atoms with Crippen molar-refractivity contribution in [2.75, 3.05) is 5.32 Å². The van der Waals surface area contributed by atoms with Crippen LogP contribution in [0, 0.1) is 5.92 Å². The molecule has 1 aliphatic carbocycles. The Balaban J connectivity index is 2.18. The fraction of sp³-hybridized carbons (Fsp3) is 0.412. The Hall–Kier alpha value is -2.36. The van der Waals surface area contributed by atoms with Crippen molar-refractivity contribution in [3.63, 3.8) is 0 Å². The number of carbonyl (C=O) groups is 2. The Kier molecular flexibility index (Phi) is 6.30. The highest BCUT2D eigenvalue weighted by molar-refractivity contribution is 7.92. The summed E-state index contributed by atoms with van der Waals surface area (Å²) < 4.78 is 61.1. The number of nitrogens with one attached hydrogen (secondary N) is 2. The average molecular weight is 404 g/mol. The van der Waals surface area contributed by atoms with Crippen molar-refractivity contribution in [1.82, 2.24) is 5.32 Å². The number of benzene rings is 1. The normalized spacial score (nSPS) is 20.6. The molecule has 0 saturated heterocycles. The molecule has 148 valence electrons. The summed E-state index contributed by atoms with van der Waals surface area (Å²) in [6, 6.07) is 3.57. The van der Waals surface area contributed by atoms with E-state index < -0.39 is 44.0 Å². The number of sulfone groups is 1. The van der Waals surface area contributed by atoms with Gasteiger partial charge in [-0.05, 0) is 37.1 Å². The van der Waals surface area contributed by atoms with E-state index in [2.05, 4.69) is 17.2 Å². The van der Waals surface area contributed by atoms with E-state index >= 15 is 0 Å². The Morgan fingerprint density at radius 3 is 2.48 bits per heavy atom. The summed E-state index contributed by atoms with van der Waals surface area (Å²) >= 11 is 0. The summed E-state index contributed by atoms with van der Waals surface area (Å²) in [7, 11) is -5.51. The van der Waals surface area contributed by atoms with Gasteiger partial charge in [0.05, 0.1) is 10.8 Å². The van der Waals surface area contributed by atoms with Gasteiger partial charge in [0.15, 0.2) is 0 Å². The van der Waals surface area contributed by atoms with Gasteiger partial charge in [0.1, 0.15) is 0 Å². The van der Waals surface area contributed by atoms with Gasteiger partial charge >= 0.3 is 5.51 Å². The third-order valence-corrected chi connectivity index (χ3v) is 5.82. The van der Waals surface area contributed by atoms with Crippen molar-refractivity contribution in [2.24, 2.45) is 5.92 Å². The zero-order chi connectivity index (χ0) is 20.2. The molecule has 10 heteroatoms. The van der Waals surface area contributed by atoms with Crippen LogP contribution in [0.2, 0.25) is 0 Å². The lowest BCUT2D eigenvalue weighted by atomic mass is 9.83. The molecule has 0 bridgehead atoms. The highest BCUT2D eigenvalue weighted by Gasteiger charge is 2.47. The highest BCUT2D eigenvalue weighted by atomic mass is 32.2. The third-order valence-electron chi connectivity index (χ3n) is 4.33. The molecule has 2 rings (SSSR count). The largest absolute Gasteiger partial charge is 0.501 e. The van der Waals surface area contributed by atoms with Crippen LogP contribution in [0.25, 0.3) is 0 Å². The van der Waals surface area contributed by atoms with Gasteiger partial charge in [0.25, 0.3) is 9.84 Å². The summed E-state index contributed by atoms with van der Waals surface area (Å²) in [5, 5.41) is 5.13. The highest BCUT2D eigenvalue weighted by Crippen LogP contribution is 2.32. The summed E-state index contributed by atoms with van der Waals surface area (Å²) in [5.74, 6) is -1.49. The van der Waals surface area contributed by atoms with Gasteiger partial charge in [-0.25, -0.2) is 8.42 Å². The van der Waals surface area contributed by atoms with Gasteiger partial charge < -0.3 is 10.6 Å². The fourth-order valence-electron chi connectivity index (χ4n) is 2.97. The minimum Gasteiger partial charge on any atom is -0.349 e. The molecule has 0 aliphatic heterocycles. The molecule has 27 heavy (non-hydrogen) atoms. The maximum atomic E-state index is 12.7. The topological polar surface area (TPSA) is 92.3 Å². The van der Waals surface area contributed by atoms with E-state index in [1.54, 1.807) is 0 Å². The van der Waals surface area contributed by atoms with Gasteiger partial charge in [0, 0.05) is 11.7 Å². The van der Waals surface area contributed by atoms with Crippen LogP contribution < -0.4 is 10.6 Å². The van der Waals surface area contributed by atoms with Crippen LogP contribution in [0.15, 0.2) is 41.8 Å². The molecule has 0 spiro atoms. The van der Waals surface area contributed by atoms with Crippen LogP contribution in [-0.2, 0) is 19.4 Å². The predicted octanol–water partition coefficient (Wildman–Crippen LogP) is 2.78. The second-order valence-corrected chi connectivity index (χ2v) is 8.12. The number of alkyl halides is 3. The summed E-state index contributed by atoms with van der Waals surface area (Å²) in [5.41, 5.74) is -5.50. The molecular formula is C17H19F3N2O4S. The number of amides is 2. The van der Waals surface area contributed by atoms with Crippen molar-refractivity contribution in [3.05, 3.63) is 36.9 Å². The molecule has 2 N–H and O–H groups in total.